The van der Waals surface area contributed by atoms with Crippen LogP contribution in [0.25, 0.3) is 0 Å². The highest BCUT2D eigenvalue weighted by Crippen LogP contribution is 2.39. The van der Waals surface area contributed by atoms with Crippen LogP contribution in [-0.2, 0) is 0 Å². The van der Waals surface area contributed by atoms with Gasteiger partial charge in [-0.1, -0.05) is 60.2 Å². The molecule has 3 aromatic carbocycles. The first-order valence-corrected chi connectivity index (χ1v) is 9.49. The van der Waals surface area contributed by atoms with Gasteiger partial charge in [0, 0.05) is 22.1 Å². The number of ether oxygens (including phenoxy) is 1. The van der Waals surface area contributed by atoms with Crippen LogP contribution in [0.5, 0.6) is 5.75 Å². The molecule has 0 aliphatic rings. The third-order valence-corrected chi connectivity index (χ3v) is 5.52. The lowest BCUT2D eigenvalue weighted by Gasteiger charge is -2.17. The molecule has 0 saturated heterocycles. The molecular weight excluding hydrogens is 340 g/mol. The maximum Gasteiger partial charge on any atom is 0.164 e. The van der Waals surface area contributed by atoms with Crippen molar-refractivity contribution in [2.45, 2.75) is 23.5 Å². The molecule has 3 heteroatoms. The molecule has 0 bridgehead atoms. The average Bonchev–Trinajstić information content (AvgIpc) is 2.70. The quantitative estimate of drug-likeness (QED) is 0.375. The molecule has 26 heavy (non-hydrogen) atoms. The second kappa shape index (κ2) is 8.72. The number of ketones is 1. The molecule has 132 valence electrons. The first-order valence-electron chi connectivity index (χ1n) is 8.61. The van der Waals surface area contributed by atoms with Gasteiger partial charge in [0.15, 0.2) is 5.78 Å². The fourth-order valence-electron chi connectivity index (χ4n) is 2.74. The number of Topliss-reactive ketones (excluding diaryl/α,β-unsaturated/α-hetero) is 1. The van der Waals surface area contributed by atoms with Crippen molar-refractivity contribution in [2.24, 2.45) is 0 Å². The van der Waals surface area contributed by atoms with Gasteiger partial charge in [-0.25, -0.2) is 0 Å². The summed E-state index contributed by atoms with van der Waals surface area (Å²) in [5.41, 5.74) is 3.12. The predicted molar refractivity (Wildman–Crippen MR) is 108 cm³/mol. The van der Waals surface area contributed by atoms with E-state index in [9.17, 15) is 4.79 Å². The molecule has 0 radical (unpaired) electrons. The summed E-state index contributed by atoms with van der Waals surface area (Å²) in [6.07, 6.45) is 0.453. The molecule has 0 aliphatic heterocycles. The Morgan fingerprint density at radius 2 is 1.58 bits per heavy atom. The monoisotopic (exact) mass is 362 g/mol. The number of thioether (sulfide) groups is 1. The number of carbonyl (C=O) groups is 1. The normalized spacial score (nSPS) is 11.8. The highest BCUT2D eigenvalue weighted by Gasteiger charge is 2.19. The van der Waals surface area contributed by atoms with E-state index in [-0.39, 0.29) is 11.0 Å². The molecule has 0 amide bonds. The van der Waals surface area contributed by atoms with Crippen molar-refractivity contribution in [3.63, 3.8) is 0 Å². The topological polar surface area (TPSA) is 26.3 Å². The molecule has 0 saturated carbocycles. The van der Waals surface area contributed by atoms with E-state index >= 15 is 0 Å². The van der Waals surface area contributed by atoms with Gasteiger partial charge in [0.25, 0.3) is 0 Å². The Bertz CT molecular complexity index is 840. The lowest BCUT2D eigenvalue weighted by Crippen LogP contribution is -2.05. The molecule has 3 aromatic rings. The smallest absolute Gasteiger partial charge is 0.164 e. The van der Waals surface area contributed by atoms with Crippen LogP contribution < -0.4 is 4.74 Å². The average molecular weight is 362 g/mol. The molecule has 0 heterocycles. The van der Waals surface area contributed by atoms with Crippen LogP contribution in [0.3, 0.4) is 0 Å². The van der Waals surface area contributed by atoms with E-state index in [1.165, 1.54) is 5.56 Å². The van der Waals surface area contributed by atoms with Crippen LogP contribution in [0.4, 0.5) is 0 Å². The van der Waals surface area contributed by atoms with E-state index in [2.05, 4.69) is 31.2 Å². The number of methoxy groups -OCH3 is 1. The van der Waals surface area contributed by atoms with Gasteiger partial charge in [-0.2, -0.15) is 0 Å². The van der Waals surface area contributed by atoms with Gasteiger partial charge < -0.3 is 4.74 Å². The summed E-state index contributed by atoms with van der Waals surface area (Å²) in [5, 5.41) is 0.0521. The summed E-state index contributed by atoms with van der Waals surface area (Å²) in [6.45, 7) is 2.08. The van der Waals surface area contributed by atoms with E-state index in [4.69, 9.17) is 4.74 Å². The van der Waals surface area contributed by atoms with Crippen molar-refractivity contribution >= 4 is 17.5 Å². The molecule has 3 rings (SSSR count). The number of hydrogen-bond acceptors (Lipinski definition) is 3. The van der Waals surface area contributed by atoms with Crippen molar-refractivity contribution in [3.05, 3.63) is 95.6 Å². The molecule has 0 aliphatic carbocycles. The van der Waals surface area contributed by atoms with E-state index in [0.29, 0.717) is 6.42 Å². The molecule has 1 atom stereocenters. The van der Waals surface area contributed by atoms with Crippen LogP contribution in [0.2, 0.25) is 0 Å². The van der Waals surface area contributed by atoms with Crippen LogP contribution in [0.15, 0.2) is 83.8 Å². The maximum absolute atomic E-state index is 12.8. The summed E-state index contributed by atoms with van der Waals surface area (Å²) in [7, 11) is 1.66. The predicted octanol–water partition coefficient (Wildman–Crippen LogP) is 6.11. The number of aryl methyl sites for hydroxylation is 1. The largest absolute Gasteiger partial charge is 0.497 e. The van der Waals surface area contributed by atoms with Crippen molar-refractivity contribution in [1.82, 2.24) is 0 Å². The van der Waals surface area contributed by atoms with Gasteiger partial charge in [-0.15, -0.1) is 11.8 Å². The SMILES string of the molecule is COc1ccc(C(CC(=O)c2ccccc2)Sc2ccc(C)cc2)cc1. The molecule has 0 fully saturated rings. The van der Waals surface area contributed by atoms with Gasteiger partial charge in [0.2, 0.25) is 0 Å². The molecular formula is C23H22O2S. The van der Waals surface area contributed by atoms with E-state index in [1.807, 2.05) is 54.6 Å². The molecule has 0 spiro atoms. The first kappa shape index (κ1) is 18.3. The zero-order valence-corrected chi connectivity index (χ0v) is 15.8. The zero-order valence-electron chi connectivity index (χ0n) is 15.0. The maximum atomic E-state index is 12.8. The summed E-state index contributed by atoms with van der Waals surface area (Å²) >= 11 is 1.73. The molecule has 0 N–H and O–H groups in total. The highest BCUT2D eigenvalue weighted by molar-refractivity contribution is 7.99. The van der Waals surface area contributed by atoms with E-state index in [1.54, 1.807) is 18.9 Å². The lowest BCUT2D eigenvalue weighted by atomic mass is 10.0. The van der Waals surface area contributed by atoms with Crippen LogP contribution in [-0.4, -0.2) is 12.9 Å². The van der Waals surface area contributed by atoms with Gasteiger partial charge in [0.05, 0.1) is 7.11 Å². The van der Waals surface area contributed by atoms with Crippen LogP contribution in [0, 0.1) is 6.92 Å². The highest BCUT2D eigenvalue weighted by atomic mass is 32.2. The minimum atomic E-state index is 0.0521. The van der Waals surface area contributed by atoms with Crippen molar-refractivity contribution in [3.8, 4) is 5.75 Å². The standard InChI is InChI=1S/C23H22O2S/c1-17-8-14-21(15-9-17)26-23(19-10-12-20(25-2)13-11-19)16-22(24)18-6-4-3-5-7-18/h3-15,23H,16H2,1-2H3. The second-order valence-electron chi connectivity index (χ2n) is 6.19. The lowest BCUT2D eigenvalue weighted by molar-refractivity contribution is 0.0982. The third kappa shape index (κ3) is 4.77. The van der Waals surface area contributed by atoms with Crippen LogP contribution in [0.1, 0.15) is 33.2 Å². The fraction of sp³-hybridized carbons (Fsp3) is 0.174. The van der Waals surface area contributed by atoms with Crippen molar-refractivity contribution in [2.75, 3.05) is 7.11 Å². The van der Waals surface area contributed by atoms with Gasteiger partial charge in [0.1, 0.15) is 5.75 Å². The van der Waals surface area contributed by atoms with Gasteiger partial charge in [-0.05, 0) is 36.8 Å². The minimum absolute atomic E-state index is 0.0521. The van der Waals surface area contributed by atoms with Crippen LogP contribution >= 0.6 is 11.8 Å². The number of carbonyl (C=O) groups excluding carboxylic acids is 1. The van der Waals surface area contributed by atoms with E-state index < -0.39 is 0 Å². The summed E-state index contributed by atoms with van der Waals surface area (Å²) in [5.74, 6) is 0.980. The number of rotatable bonds is 7. The summed E-state index contributed by atoms with van der Waals surface area (Å²) in [6, 6.07) is 25.9. The minimum Gasteiger partial charge on any atom is -0.497 e. The third-order valence-electron chi connectivity index (χ3n) is 4.25. The first-order chi connectivity index (χ1) is 12.7. The second-order valence-corrected chi connectivity index (χ2v) is 7.46. The Hall–Kier alpha value is -2.52. The zero-order chi connectivity index (χ0) is 18.4. The molecule has 1 unspecified atom stereocenters. The number of benzene rings is 3. The molecule has 0 aromatic heterocycles. The number of hydrogen-bond donors (Lipinski definition) is 0. The summed E-state index contributed by atoms with van der Waals surface area (Å²) in [4.78, 5) is 13.9. The van der Waals surface area contributed by atoms with Gasteiger partial charge >= 0.3 is 0 Å². The Kier molecular flexibility index (Phi) is 6.13. The molecule has 2 nitrogen and oxygen atoms in total. The van der Waals surface area contributed by atoms with E-state index in [0.717, 1.165) is 21.8 Å². The Labute approximate surface area is 159 Å². The van der Waals surface area contributed by atoms with Crippen molar-refractivity contribution < 1.29 is 9.53 Å². The summed E-state index contributed by atoms with van der Waals surface area (Å²) < 4.78 is 5.26. The van der Waals surface area contributed by atoms with Gasteiger partial charge in [-0.3, -0.25) is 4.79 Å². The van der Waals surface area contributed by atoms with Crippen molar-refractivity contribution in [1.29, 1.82) is 0 Å². The Morgan fingerprint density at radius 1 is 0.923 bits per heavy atom. The fourth-order valence-corrected chi connectivity index (χ4v) is 3.89. The Balaban J connectivity index is 1.84. The Morgan fingerprint density at radius 3 is 2.19 bits per heavy atom.